The number of aromatic nitrogens is 2. The molecule has 0 aliphatic carbocycles. The number of nitrogens with zero attached hydrogens (tertiary/aromatic N) is 4. The lowest BCUT2D eigenvalue weighted by atomic mass is 10.0. The van der Waals surface area contributed by atoms with Crippen molar-refractivity contribution >= 4 is 68.2 Å². The number of carbonyl (C=O) groups is 3. The van der Waals surface area contributed by atoms with Gasteiger partial charge in [-0.3, -0.25) is 14.5 Å². The topological polar surface area (TPSA) is 180 Å². The summed E-state index contributed by atoms with van der Waals surface area (Å²) < 4.78 is 1.79. The predicted octanol–water partition coefficient (Wildman–Crippen LogP) is -0.797. The van der Waals surface area contributed by atoms with E-state index in [1.165, 1.54) is 24.3 Å². The third kappa shape index (κ3) is 4.44. The second-order valence-electron chi connectivity index (χ2n) is 8.27. The summed E-state index contributed by atoms with van der Waals surface area (Å²) >= 11 is 2.46. The van der Waals surface area contributed by atoms with E-state index < -0.39 is 29.2 Å². The number of oxime groups is 1. The maximum Gasteiger partial charge on any atom is 0.276 e. The average Bonchev–Trinajstić information content (AvgIpc) is 3.31. The summed E-state index contributed by atoms with van der Waals surface area (Å²) in [5, 5.41) is 21.4. The van der Waals surface area contributed by atoms with E-state index in [1.54, 1.807) is 10.8 Å². The minimum atomic E-state index is -1.47. The first kappa shape index (κ1) is 24.5. The third-order valence-corrected chi connectivity index (χ3v) is 7.96. The van der Waals surface area contributed by atoms with E-state index in [0.717, 1.165) is 27.0 Å². The third-order valence-electron chi connectivity index (χ3n) is 5.94. The normalized spacial score (nSPS) is 19.4. The van der Waals surface area contributed by atoms with Gasteiger partial charge < -0.3 is 31.5 Å². The number of rotatable bonds is 7. The van der Waals surface area contributed by atoms with Crippen LogP contribution in [0.5, 0.6) is 0 Å². The van der Waals surface area contributed by atoms with Crippen LogP contribution in [0.25, 0.3) is 10.8 Å². The molecular weight excluding hydrogens is 518 g/mol. The van der Waals surface area contributed by atoms with E-state index in [0.29, 0.717) is 17.0 Å². The monoisotopic (exact) mass is 539 g/mol. The Morgan fingerprint density at radius 2 is 2.11 bits per heavy atom. The first-order chi connectivity index (χ1) is 17.8. The van der Waals surface area contributed by atoms with Gasteiger partial charge >= 0.3 is 0 Å². The zero-order valence-corrected chi connectivity index (χ0v) is 21.0. The van der Waals surface area contributed by atoms with Crippen molar-refractivity contribution in [2.75, 3.05) is 24.3 Å². The van der Waals surface area contributed by atoms with Crippen LogP contribution >= 0.6 is 23.1 Å². The van der Waals surface area contributed by atoms with Gasteiger partial charge in [-0.05, 0) is 6.07 Å². The molecule has 3 aromatic rings. The molecule has 1 fully saturated rings. The van der Waals surface area contributed by atoms with Gasteiger partial charge in [0.05, 0.1) is 11.7 Å². The highest BCUT2D eigenvalue weighted by Gasteiger charge is 2.53. The van der Waals surface area contributed by atoms with Crippen molar-refractivity contribution in [3.05, 3.63) is 59.0 Å². The highest BCUT2D eigenvalue weighted by Crippen LogP contribution is 2.40. The molecule has 14 heteroatoms. The number of carbonyl (C=O) groups excluding carboxylic acids is 3. The van der Waals surface area contributed by atoms with E-state index in [1.807, 2.05) is 30.5 Å². The Balaban J connectivity index is 1.38. The molecule has 0 bridgehead atoms. The van der Waals surface area contributed by atoms with Gasteiger partial charge in [0, 0.05) is 27.5 Å². The number of hydrogen-bond donors (Lipinski definition) is 3. The lowest BCUT2D eigenvalue weighted by molar-refractivity contribution is -0.687. The summed E-state index contributed by atoms with van der Waals surface area (Å²) in [4.78, 5) is 48.0. The van der Waals surface area contributed by atoms with Crippen LogP contribution in [0.3, 0.4) is 0 Å². The zero-order valence-electron chi connectivity index (χ0n) is 19.4. The number of fused-ring (bicyclic) bond motifs is 2. The van der Waals surface area contributed by atoms with Crippen molar-refractivity contribution in [3.63, 3.8) is 0 Å². The number of benzene rings is 1. The number of hydrogen-bond acceptors (Lipinski definition) is 11. The summed E-state index contributed by atoms with van der Waals surface area (Å²) in [6.45, 7) is 0.203. The van der Waals surface area contributed by atoms with Crippen LogP contribution in [0.4, 0.5) is 10.8 Å². The van der Waals surface area contributed by atoms with Gasteiger partial charge in [-0.25, -0.2) is 4.98 Å². The molecule has 0 radical (unpaired) electrons. The fourth-order valence-electron chi connectivity index (χ4n) is 4.34. The Kier molecular flexibility index (Phi) is 6.43. The number of nitrogens with two attached hydrogens (primary N) is 2. The van der Waals surface area contributed by atoms with Crippen LogP contribution in [-0.2, 0) is 25.8 Å². The molecule has 5 rings (SSSR count). The van der Waals surface area contributed by atoms with Crippen molar-refractivity contribution in [1.29, 1.82) is 0 Å². The van der Waals surface area contributed by atoms with Gasteiger partial charge in [0.15, 0.2) is 29.8 Å². The first-order valence-corrected chi connectivity index (χ1v) is 12.9. The Morgan fingerprint density at radius 1 is 1.32 bits per heavy atom. The largest absolute Gasteiger partial charge is 0.543 e. The van der Waals surface area contributed by atoms with Crippen LogP contribution in [0.15, 0.2) is 58.5 Å². The molecule has 0 saturated carbocycles. The zero-order chi connectivity index (χ0) is 26.3. The number of nitrogen functional groups attached to an aromatic ring is 2. The lowest BCUT2D eigenvalue weighted by Crippen LogP contribution is -2.71. The molecule has 190 valence electrons. The summed E-state index contributed by atoms with van der Waals surface area (Å²) in [6.07, 6.45) is 3.59. The van der Waals surface area contributed by atoms with Gasteiger partial charge in [0.25, 0.3) is 11.8 Å². The Hall–Kier alpha value is -4.17. The first-order valence-electron chi connectivity index (χ1n) is 11.0. The smallest absolute Gasteiger partial charge is 0.276 e. The molecule has 1 unspecified atom stereocenters. The number of β-lactam (4-membered cyclic amide) rings is 1. The number of carboxylic acids is 1. The molecule has 2 aliphatic heterocycles. The molecular formula is C23H21N7O5S2. The Morgan fingerprint density at radius 3 is 2.81 bits per heavy atom. The van der Waals surface area contributed by atoms with Crippen LogP contribution in [0.2, 0.25) is 0 Å². The van der Waals surface area contributed by atoms with Crippen LogP contribution in [0.1, 0.15) is 5.69 Å². The van der Waals surface area contributed by atoms with Crippen LogP contribution in [-0.4, -0.2) is 57.7 Å². The fraction of sp³-hybridized carbons (Fsp3) is 0.217. The molecule has 2 amide bonds. The van der Waals surface area contributed by atoms with E-state index in [9.17, 15) is 19.5 Å². The van der Waals surface area contributed by atoms with Crippen molar-refractivity contribution < 1.29 is 28.9 Å². The summed E-state index contributed by atoms with van der Waals surface area (Å²) in [6, 6.07) is 6.63. The predicted molar refractivity (Wildman–Crippen MR) is 136 cm³/mol. The lowest BCUT2D eigenvalue weighted by Gasteiger charge is -2.50. The highest BCUT2D eigenvalue weighted by molar-refractivity contribution is 8.00. The van der Waals surface area contributed by atoms with Crippen LogP contribution in [0, 0.1) is 0 Å². The standard InChI is InChI=1S/C23H21N7O5S2/c1-35-28-16(15-10-37-23(25)26-15)19(31)27-17-20(32)30-18(22(33)34)12(9-36-21(17)30)7-29-6-11-4-2-3-5-13(11)14(24)8-29/h2-6,8,10,17,21H,7,9,24H2,1H3,(H3-,25,26,27,31,33,34)/b28-16-/t17?,21-/m1/s1. The molecule has 2 aromatic heterocycles. The molecule has 1 aromatic carbocycles. The number of anilines is 2. The molecule has 0 spiro atoms. The molecule has 12 nitrogen and oxygen atoms in total. The molecule has 2 atom stereocenters. The molecule has 5 N–H and O–H groups in total. The maximum absolute atomic E-state index is 13.0. The number of amides is 2. The molecule has 4 heterocycles. The molecule has 37 heavy (non-hydrogen) atoms. The molecule has 1 saturated heterocycles. The van der Waals surface area contributed by atoms with Gasteiger partial charge in [-0.15, -0.1) is 23.1 Å². The quantitative estimate of drug-likeness (QED) is 0.150. The summed E-state index contributed by atoms with van der Waals surface area (Å²) in [5.41, 5.74) is 12.7. The number of aliphatic carboxylic acids is 1. The number of nitrogens with one attached hydrogen (secondary N) is 1. The number of thioether (sulfide) groups is 1. The van der Waals surface area contributed by atoms with E-state index >= 15 is 0 Å². The van der Waals surface area contributed by atoms with Crippen molar-refractivity contribution in [2.24, 2.45) is 5.16 Å². The van der Waals surface area contributed by atoms with Crippen molar-refractivity contribution in [3.8, 4) is 0 Å². The summed E-state index contributed by atoms with van der Waals surface area (Å²) in [7, 11) is 1.27. The second-order valence-corrected chi connectivity index (χ2v) is 10.3. The van der Waals surface area contributed by atoms with Crippen molar-refractivity contribution in [1.82, 2.24) is 15.2 Å². The van der Waals surface area contributed by atoms with Gasteiger partial charge in [-0.1, -0.05) is 23.4 Å². The minimum absolute atomic E-state index is 0.149. The van der Waals surface area contributed by atoms with Crippen molar-refractivity contribution in [2.45, 2.75) is 18.0 Å². The van der Waals surface area contributed by atoms with Gasteiger partial charge in [-0.2, -0.15) is 4.57 Å². The number of thiazole rings is 1. The average molecular weight is 540 g/mol. The molecule has 2 aliphatic rings. The fourth-order valence-corrected chi connectivity index (χ4v) is 6.23. The number of carboxylic acid groups (broad SMARTS) is 1. The SMILES string of the molecule is CO/N=C(\C(=O)NC1C(=O)N2C(C(=O)[O-])=C(C[n+]3cc(N)c4ccccc4c3)CS[C@H]12)c1csc(N)n1. The highest BCUT2D eigenvalue weighted by atomic mass is 32.2. The Labute approximate surface area is 218 Å². The van der Waals surface area contributed by atoms with Gasteiger partial charge in [0.1, 0.15) is 29.9 Å². The number of pyridine rings is 1. The van der Waals surface area contributed by atoms with E-state index in [2.05, 4.69) is 15.5 Å². The maximum atomic E-state index is 13.0. The van der Waals surface area contributed by atoms with E-state index in [4.69, 9.17) is 16.3 Å². The van der Waals surface area contributed by atoms with E-state index in [-0.39, 0.29) is 28.8 Å². The second kappa shape index (κ2) is 9.71. The van der Waals surface area contributed by atoms with Gasteiger partial charge in [0.2, 0.25) is 0 Å². The minimum Gasteiger partial charge on any atom is -0.543 e. The Bertz CT molecular complexity index is 1500. The summed E-state index contributed by atoms with van der Waals surface area (Å²) in [5.74, 6) is -2.42. The van der Waals surface area contributed by atoms with Crippen LogP contribution < -0.4 is 26.5 Å².